The molecule has 16 heavy (non-hydrogen) atoms. The summed E-state index contributed by atoms with van der Waals surface area (Å²) in [6, 6.07) is 6.19. The van der Waals surface area contributed by atoms with Crippen molar-refractivity contribution in [2.24, 2.45) is 0 Å². The maximum absolute atomic E-state index is 8.61. The highest BCUT2D eigenvalue weighted by molar-refractivity contribution is 5.87. The molecule has 0 aliphatic rings. The van der Waals surface area contributed by atoms with Crippen LogP contribution in [0.3, 0.4) is 0 Å². The van der Waals surface area contributed by atoms with Crippen molar-refractivity contribution in [3.8, 4) is 11.8 Å². The molecule has 0 aliphatic carbocycles. The highest BCUT2D eigenvalue weighted by Crippen LogP contribution is 2.27. The summed E-state index contributed by atoms with van der Waals surface area (Å²) in [5, 5.41) is 9.77. The molecule has 0 saturated carbocycles. The van der Waals surface area contributed by atoms with Crippen LogP contribution in [0.15, 0.2) is 18.3 Å². The topological polar surface area (TPSA) is 48.8 Å². The third-order valence-corrected chi connectivity index (χ3v) is 2.79. The van der Waals surface area contributed by atoms with Gasteiger partial charge >= 0.3 is 0 Å². The first-order valence-corrected chi connectivity index (χ1v) is 5.28. The lowest BCUT2D eigenvalue weighted by atomic mass is 10.1. The molecule has 1 aromatic heterocycles. The fourth-order valence-corrected chi connectivity index (χ4v) is 1.95. The predicted octanol–water partition coefficient (Wildman–Crippen LogP) is 2.94. The molecule has 3 heteroatoms. The Balaban J connectivity index is 2.52. The lowest BCUT2D eigenvalue weighted by Gasteiger charge is -2.03. The van der Waals surface area contributed by atoms with Gasteiger partial charge in [-0.3, -0.25) is 0 Å². The van der Waals surface area contributed by atoms with E-state index in [2.05, 4.69) is 18.0 Å². The summed E-state index contributed by atoms with van der Waals surface area (Å²) in [6.45, 7) is 2.05. The zero-order chi connectivity index (χ0) is 11.5. The van der Waals surface area contributed by atoms with Crippen LogP contribution in [0.4, 0.5) is 0 Å². The number of ether oxygens (including phenoxy) is 1. The Kier molecular flexibility index (Phi) is 2.82. The molecular weight excluding hydrogens is 200 g/mol. The van der Waals surface area contributed by atoms with Gasteiger partial charge in [0.05, 0.1) is 13.2 Å². The van der Waals surface area contributed by atoms with Crippen LogP contribution in [0.5, 0.6) is 5.75 Å². The van der Waals surface area contributed by atoms with Crippen molar-refractivity contribution in [1.82, 2.24) is 4.98 Å². The van der Waals surface area contributed by atoms with Gasteiger partial charge in [0.15, 0.2) is 0 Å². The Labute approximate surface area is 94.7 Å². The molecule has 2 rings (SSSR count). The molecule has 1 heterocycles. The summed E-state index contributed by atoms with van der Waals surface area (Å²) in [5.41, 5.74) is 3.48. The first kappa shape index (κ1) is 10.6. The molecule has 0 amide bonds. The van der Waals surface area contributed by atoms with Gasteiger partial charge in [0.2, 0.25) is 0 Å². The van der Waals surface area contributed by atoms with Crippen LogP contribution in [0.1, 0.15) is 17.5 Å². The third-order valence-electron chi connectivity index (χ3n) is 2.79. The molecule has 0 atom stereocenters. The maximum atomic E-state index is 8.61. The number of nitriles is 1. The van der Waals surface area contributed by atoms with Crippen LogP contribution in [-0.4, -0.2) is 12.1 Å². The highest BCUT2D eigenvalue weighted by Gasteiger charge is 2.07. The van der Waals surface area contributed by atoms with Gasteiger partial charge in [0.25, 0.3) is 0 Å². The number of hydrogen-bond donors (Lipinski definition) is 1. The average Bonchev–Trinajstić information content (AvgIpc) is 2.70. The number of H-pyrrole nitrogens is 1. The summed E-state index contributed by atoms with van der Waals surface area (Å²) in [5.74, 6) is 0.864. The minimum Gasteiger partial charge on any atom is -0.497 e. The summed E-state index contributed by atoms with van der Waals surface area (Å²) in [7, 11) is 1.67. The molecule has 1 aromatic carbocycles. The van der Waals surface area contributed by atoms with Crippen LogP contribution in [0, 0.1) is 18.3 Å². The van der Waals surface area contributed by atoms with Gasteiger partial charge in [0, 0.05) is 23.5 Å². The Morgan fingerprint density at radius 3 is 2.94 bits per heavy atom. The molecule has 0 bridgehead atoms. The quantitative estimate of drug-likeness (QED) is 0.853. The number of rotatable bonds is 3. The maximum Gasteiger partial charge on any atom is 0.119 e. The van der Waals surface area contributed by atoms with Crippen molar-refractivity contribution in [3.05, 3.63) is 29.5 Å². The van der Waals surface area contributed by atoms with E-state index in [9.17, 15) is 0 Å². The standard InChI is InChI=1S/C13H14N2O/c1-9-6-11(16-2)7-12-10(4-3-5-14)8-15-13(9)12/h6-8,15H,3-4H2,1-2H3. The molecule has 1 N–H and O–H groups in total. The average molecular weight is 214 g/mol. The van der Waals surface area contributed by atoms with Gasteiger partial charge in [-0.25, -0.2) is 0 Å². The lowest BCUT2D eigenvalue weighted by molar-refractivity contribution is 0.415. The van der Waals surface area contributed by atoms with E-state index in [4.69, 9.17) is 10.00 Å². The van der Waals surface area contributed by atoms with Gasteiger partial charge in [-0.1, -0.05) is 0 Å². The number of aromatic amines is 1. The van der Waals surface area contributed by atoms with Gasteiger partial charge in [-0.05, 0) is 36.6 Å². The summed E-state index contributed by atoms with van der Waals surface area (Å²) in [4.78, 5) is 3.25. The molecule has 0 radical (unpaired) electrons. The number of aryl methyl sites for hydroxylation is 2. The van der Waals surface area contributed by atoms with Crippen LogP contribution >= 0.6 is 0 Å². The smallest absolute Gasteiger partial charge is 0.119 e. The molecule has 0 fully saturated rings. The molecule has 82 valence electrons. The lowest BCUT2D eigenvalue weighted by Crippen LogP contribution is -1.86. The number of methoxy groups -OCH3 is 1. The van der Waals surface area contributed by atoms with E-state index in [1.165, 1.54) is 5.56 Å². The number of benzene rings is 1. The second kappa shape index (κ2) is 4.28. The summed E-state index contributed by atoms with van der Waals surface area (Å²) < 4.78 is 5.25. The molecule has 3 nitrogen and oxygen atoms in total. The Hall–Kier alpha value is -1.95. The summed E-state index contributed by atoms with van der Waals surface area (Å²) in [6.07, 6.45) is 3.31. The van der Waals surface area contributed by atoms with Gasteiger partial charge < -0.3 is 9.72 Å². The van der Waals surface area contributed by atoms with Crippen molar-refractivity contribution in [3.63, 3.8) is 0 Å². The minimum atomic E-state index is 0.545. The van der Waals surface area contributed by atoms with Crippen molar-refractivity contribution >= 4 is 10.9 Å². The second-order valence-corrected chi connectivity index (χ2v) is 3.84. The number of nitrogens with one attached hydrogen (secondary N) is 1. The number of aromatic nitrogens is 1. The van der Waals surface area contributed by atoms with Crippen LogP contribution in [0.25, 0.3) is 10.9 Å². The molecule has 0 spiro atoms. The molecule has 0 saturated heterocycles. The number of hydrogen-bond acceptors (Lipinski definition) is 2. The highest BCUT2D eigenvalue weighted by atomic mass is 16.5. The Morgan fingerprint density at radius 1 is 1.44 bits per heavy atom. The number of nitrogens with zero attached hydrogens (tertiary/aromatic N) is 1. The van der Waals surface area contributed by atoms with E-state index >= 15 is 0 Å². The second-order valence-electron chi connectivity index (χ2n) is 3.84. The van der Waals surface area contributed by atoms with Crippen LogP contribution in [0.2, 0.25) is 0 Å². The minimum absolute atomic E-state index is 0.545. The Morgan fingerprint density at radius 2 is 2.25 bits per heavy atom. The van der Waals surface area contributed by atoms with E-state index in [0.29, 0.717) is 6.42 Å². The van der Waals surface area contributed by atoms with Crippen molar-refractivity contribution in [2.45, 2.75) is 19.8 Å². The SMILES string of the molecule is COc1cc(C)c2[nH]cc(CCC#N)c2c1. The predicted molar refractivity (Wildman–Crippen MR) is 63.5 cm³/mol. The van der Waals surface area contributed by atoms with Crippen molar-refractivity contribution in [1.29, 1.82) is 5.26 Å². The molecule has 0 unspecified atom stereocenters. The van der Waals surface area contributed by atoms with E-state index in [1.54, 1.807) is 7.11 Å². The molecule has 0 aliphatic heterocycles. The van der Waals surface area contributed by atoms with Crippen molar-refractivity contribution in [2.75, 3.05) is 7.11 Å². The first-order valence-electron chi connectivity index (χ1n) is 5.28. The van der Waals surface area contributed by atoms with E-state index in [0.717, 1.165) is 28.6 Å². The van der Waals surface area contributed by atoms with Gasteiger partial charge in [0.1, 0.15) is 5.75 Å². The van der Waals surface area contributed by atoms with Crippen LogP contribution in [-0.2, 0) is 6.42 Å². The van der Waals surface area contributed by atoms with E-state index in [-0.39, 0.29) is 0 Å². The fraction of sp³-hybridized carbons (Fsp3) is 0.308. The normalized spacial score (nSPS) is 10.3. The Bertz CT molecular complexity index is 549. The largest absolute Gasteiger partial charge is 0.497 e. The van der Waals surface area contributed by atoms with Crippen molar-refractivity contribution < 1.29 is 4.74 Å². The van der Waals surface area contributed by atoms with Gasteiger partial charge in [-0.2, -0.15) is 5.26 Å². The van der Waals surface area contributed by atoms with E-state index < -0.39 is 0 Å². The number of fused-ring (bicyclic) bond motifs is 1. The molecule has 2 aromatic rings. The fourth-order valence-electron chi connectivity index (χ4n) is 1.95. The van der Waals surface area contributed by atoms with E-state index in [1.807, 2.05) is 18.3 Å². The zero-order valence-electron chi connectivity index (χ0n) is 9.50. The zero-order valence-corrected chi connectivity index (χ0v) is 9.50. The van der Waals surface area contributed by atoms with Gasteiger partial charge in [-0.15, -0.1) is 0 Å². The first-order chi connectivity index (χ1) is 7.76. The van der Waals surface area contributed by atoms with Crippen LogP contribution < -0.4 is 4.74 Å². The molecular formula is C13H14N2O. The monoisotopic (exact) mass is 214 g/mol. The summed E-state index contributed by atoms with van der Waals surface area (Å²) >= 11 is 0. The third kappa shape index (κ3) is 1.74.